The molecule has 0 radical (unpaired) electrons. The first-order valence-corrected chi connectivity index (χ1v) is 20.1. The van der Waals surface area contributed by atoms with Crippen molar-refractivity contribution < 1.29 is 42.9 Å². The highest BCUT2D eigenvalue weighted by Gasteiger charge is 2.38. The normalized spacial score (nSPS) is 15.6. The first-order chi connectivity index (χ1) is 29.6. The molecule has 0 amide bonds. The predicted molar refractivity (Wildman–Crippen MR) is 231 cm³/mol. The third-order valence-electron chi connectivity index (χ3n) is 10.2. The summed E-state index contributed by atoms with van der Waals surface area (Å²) < 4.78 is 37.0. The van der Waals surface area contributed by atoms with Crippen molar-refractivity contribution in [1.82, 2.24) is 14.5 Å². The maximum absolute atomic E-state index is 14.3. The van der Waals surface area contributed by atoms with Crippen LogP contribution in [0.4, 0.5) is 0 Å². The van der Waals surface area contributed by atoms with E-state index in [9.17, 15) is 9.90 Å². The SMILES string of the molecule is COCCOCCOCCn1c(/C=C/c2cccc3ncccc23)ccc1C1=C([O-])/C(=C2/C=CC(/C=C/c3cccc4ncccc34)=[N+]2CCOCCOCCOC)C1=O. The largest absolute Gasteiger partial charge is 0.871 e. The van der Waals surface area contributed by atoms with Crippen LogP contribution in [-0.4, -0.2) is 117 Å². The van der Waals surface area contributed by atoms with Gasteiger partial charge in [0.2, 0.25) is 17.2 Å². The highest BCUT2D eigenvalue weighted by atomic mass is 16.5. The van der Waals surface area contributed by atoms with Crippen molar-refractivity contribution in [2.24, 2.45) is 0 Å². The van der Waals surface area contributed by atoms with Gasteiger partial charge in [-0.2, -0.15) is 4.58 Å². The van der Waals surface area contributed by atoms with Gasteiger partial charge in [0, 0.05) is 73.4 Å². The van der Waals surface area contributed by atoms with Gasteiger partial charge in [-0.3, -0.25) is 14.8 Å². The zero-order valence-electron chi connectivity index (χ0n) is 34.1. The average molecular weight is 811 g/mol. The molecule has 3 aromatic heterocycles. The van der Waals surface area contributed by atoms with Gasteiger partial charge < -0.3 is 38.1 Å². The molecule has 12 heteroatoms. The van der Waals surface area contributed by atoms with Gasteiger partial charge in [0.1, 0.15) is 6.61 Å². The minimum Gasteiger partial charge on any atom is -0.871 e. The van der Waals surface area contributed by atoms with Crippen molar-refractivity contribution in [3.63, 3.8) is 0 Å². The molecule has 0 unspecified atom stereocenters. The lowest BCUT2D eigenvalue weighted by Crippen LogP contribution is -2.34. The summed E-state index contributed by atoms with van der Waals surface area (Å²) in [7, 11) is 3.26. The minimum absolute atomic E-state index is 0.152. The highest BCUT2D eigenvalue weighted by Crippen LogP contribution is 2.39. The maximum atomic E-state index is 14.3. The number of carbonyl (C=O) groups is 1. The number of hydrogen-bond acceptors (Lipinski definition) is 10. The number of fused-ring (bicyclic) bond motifs is 2. The average Bonchev–Trinajstić information content (AvgIpc) is 3.86. The van der Waals surface area contributed by atoms with Gasteiger partial charge in [-0.1, -0.05) is 48.2 Å². The number of aromatic nitrogens is 3. The van der Waals surface area contributed by atoms with Crippen molar-refractivity contribution in [3.8, 4) is 0 Å². The van der Waals surface area contributed by atoms with Crippen LogP contribution < -0.4 is 5.11 Å². The van der Waals surface area contributed by atoms with Gasteiger partial charge >= 0.3 is 0 Å². The van der Waals surface area contributed by atoms with E-state index in [-0.39, 0.29) is 22.7 Å². The Morgan fingerprint density at radius 2 is 1.20 bits per heavy atom. The van der Waals surface area contributed by atoms with E-state index >= 15 is 0 Å². The molecule has 12 nitrogen and oxygen atoms in total. The van der Waals surface area contributed by atoms with Crippen molar-refractivity contribution >= 4 is 57.1 Å². The number of allylic oxidation sites excluding steroid dienone is 5. The fourth-order valence-electron chi connectivity index (χ4n) is 7.19. The van der Waals surface area contributed by atoms with Crippen LogP contribution in [0, 0.1) is 0 Å². The Morgan fingerprint density at radius 3 is 1.82 bits per heavy atom. The fraction of sp³-hybridized carbons (Fsp3) is 0.292. The van der Waals surface area contributed by atoms with E-state index in [1.54, 1.807) is 26.6 Å². The number of pyridine rings is 2. The zero-order chi connectivity index (χ0) is 41.5. The molecule has 2 aromatic carbocycles. The molecule has 0 N–H and O–H groups in total. The molecule has 7 rings (SSSR count). The number of ether oxygens (including phenoxy) is 6. The number of rotatable bonds is 23. The third kappa shape index (κ3) is 10.1. The summed E-state index contributed by atoms with van der Waals surface area (Å²) in [6.45, 7) is 5.19. The van der Waals surface area contributed by atoms with E-state index in [1.807, 2.05) is 118 Å². The zero-order valence-corrected chi connectivity index (χ0v) is 34.1. The molecule has 0 fully saturated rings. The molecule has 0 saturated carbocycles. The monoisotopic (exact) mass is 810 g/mol. The first kappa shape index (κ1) is 42.3. The second kappa shape index (κ2) is 21.4. The van der Waals surface area contributed by atoms with Crippen LogP contribution in [-0.2, 0) is 39.8 Å². The Morgan fingerprint density at radius 1 is 0.617 bits per heavy atom. The van der Waals surface area contributed by atoms with E-state index in [1.165, 1.54) is 0 Å². The molecule has 0 atom stereocenters. The Bertz CT molecular complexity index is 2470. The van der Waals surface area contributed by atoms with Gasteiger partial charge in [-0.15, -0.1) is 0 Å². The van der Waals surface area contributed by atoms with Crippen LogP contribution in [0.15, 0.2) is 120 Å². The van der Waals surface area contributed by atoms with Gasteiger partial charge in [-0.25, -0.2) is 0 Å². The molecule has 2 aliphatic rings. The molecule has 0 bridgehead atoms. The highest BCUT2D eigenvalue weighted by molar-refractivity contribution is 6.39. The lowest BCUT2D eigenvalue weighted by Gasteiger charge is -2.31. The number of hydrogen-bond donors (Lipinski definition) is 0. The van der Waals surface area contributed by atoms with Crippen molar-refractivity contribution in [2.75, 3.05) is 86.8 Å². The summed E-state index contributed by atoms with van der Waals surface area (Å²) in [5.74, 6) is -0.602. The van der Waals surface area contributed by atoms with Crippen LogP contribution in [0.1, 0.15) is 22.5 Å². The van der Waals surface area contributed by atoms with Crippen LogP contribution >= 0.6 is 0 Å². The summed E-state index contributed by atoms with van der Waals surface area (Å²) in [5, 5.41) is 16.3. The second-order valence-corrected chi connectivity index (χ2v) is 13.9. The number of Topliss-reactive ketones (excluding diaryl/α,β-unsaturated/α-hetero) is 1. The number of ketones is 1. The smallest absolute Gasteiger partial charge is 0.216 e. The fourth-order valence-corrected chi connectivity index (χ4v) is 7.19. The predicted octanol–water partition coefficient (Wildman–Crippen LogP) is 5.76. The quantitative estimate of drug-likeness (QED) is 0.0457. The van der Waals surface area contributed by atoms with Gasteiger partial charge in [0.15, 0.2) is 6.54 Å². The van der Waals surface area contributed by atoms with E-state index in [0.717, 1.165) is 44.3 Å². The van der Waals surface area contributed by atoms with Crippen LogP contribution in [0.3, 0.4) is 0 Å². The third-order valence-corrected chi connectivity index (χ3v) is 10.2. The minimum atomic E-state index is -0.301. The van der Waals surface area contributed by atoms with Crippen molar-refractivity contribution in [3.05, 3.63) is 143 Å². The summed E-state index contributed by atoms with van der Waals surface area (Å²) >= 11 is 0. The Balaban J connectivity index is 1.17. The lowest BCUT2D eigenvalue weighted by atomic mass is 9.84. The van der Waals surface area contributed by atoms with E-state index in [2.05, 4.69) is 9.97 Å². The molecule has 0 spiro atoms. The van der Waals surface area contributed by atoms with E-state index < -0.39 is 0 Å². The second-order valence-electron chi connectivity index (χ2n) is 13.9. The van der Waals surface area contributed by atoms with Crippen molar-refractivity contribution in [2.45, 2.75) is 6.54 Å². The molecule has 4 heterocycles. The molecule has 310 valence electrons. The van der Waals surface area contributed by atoms with Gasteiger partial charge in [0.05, 0.1) is 81.8 Å². The number of benzene rings is 2. The summed E-state index contributed by atoms with van der Waals surface area (Å²) in [5.41, 5.74) is 6.86. The molecular weight excluding hydrogens is 761 g/mol. The summed E-state index contributed by atoms with van der Waals surface area (Å²) in [4.78, 5) is 23.2. The number of methoxy groups -OCH3 is 2. The Kier molecular flexibility index (Phi) is 15.1. The van der Waals surface area contributed by atoms with Crippen LogP contribution in [0.5, 0.6) is 0 Å². The number of nitrogens with zero attached hydrogens (tertiary/aromatic N) is 4. The molecule has 1 aliphatic carbocycles. The lowest BCUT2D eigenvalue weighted by molar-refractivity contribution is -0.472. The van der Waals surface area contributed by atoms with Gasteiger partial charge in [-0.05, 0) is 59.7 Å². The molecular formula is C48H50N4O8. The standard InChI is InChI=1S/C48H50N4O8/c1-55-27-29-59-33-31-57-25-23-51-37(15-13-35-7-3-11-41-39(35)9-5-21-49-41)17-19-43(51)45-47(53)46(48(45)54)44-20-18-38(52(44)24-26-58-32-34-60-30-28-56-2)16-14-36-8-4-12-42-40(36)10-6-22-50-42/h3-22H,23-34H2,1-2H3. The molecule has 0 saturated heterocycles. The summed E-state index contributed by atoms with van der Waals surface area (Å²) in [6.07, 6.45) is 15.4. The van der Waals surface area contributed by atoms with Crippen LogP contribution in [0.25, 0.3) is 45.6 Å². The Hall–Kier alpha value is -5.86. The van der Waals surface area contributed by atoms with Gasteiger partial charge in [0.25, 0.3) is 0 Å². The van der Waals surface area contributed by atoms with Crippen molar-refractivity contribution in [1.29, 1.82) is 0 Å². The Labute approximate surface area is 350 Å². The summed E-state index contributed by atoms with van der Waals surface area (Å²) in [6, 6.07) is 23.7. The molecule has 5 aromatic rings. The van der Waals surface area contributed by atoms with E-state index in [4.69, 9.17) is 28.4 Å². The maximum Gasteiger partial charge on any atom is 0.216 e. The first-order valence-electron chi connectivity index (χ1n) is 20.1. The van der Waals surface area contributed by atoms with E-state index in [0.29, 0.717) is 90.5 Å². The number of carbonyl (C=O) groups excluding carboxylic acids is 1. The molecule has 60 heavy (non-hydrogen) atoms. The molecule has 1 aliphatic heterocycles. The van der Waals surface area contributed by atoms with Crippen LogP contribution in [0.2, 0.25) is 0 Å². The topological polar surface area (TPSA) is 129 Å².